The highest BCUT2D eigenvalue weighted by molar-refractivity contribution is 6.10. The molecule has 0 saturated heterocycles. The Bertz CT molecular complexity index is 971. The third-order valence-corrected chi connectivity index (χ3v) is 3.18. The molecule has 0 saturated carbocycles. The molecule has 2 aromatic carbocycles. The molecule has 0 bridgehead atoms. The third-order valence-electron chi connectivity index (χ3n) is 3.18. The van der Waals surface area contributed by atoms with Gasteiger partial charge in [0, 0.05) is 0 Å². The smallest absolute Gasteiger partial charge is 0.351 e. The zero-order chi connectivity index (χ0) is 16.4. The van der Waals surface area contributed by atoms with E-state index in [2.05, 4.69) is 0 Å². The van der Waals surface area contributed by atoms with Crippen molar-refractivity contribution in [1.29, 1.82) is 0 Å². The van der Waals surface area contributed by atoms with Crippen molar-refractivity contribution in [3.8, 4) is 5.75 Å². The summed E-state index contributed by atoms with van der Waals surface area (Å²) in [4.78, 5) is 24.4. The van der Waals surface area contributed by atoms with Crippen molar-refractivity contribution in [2.45, 2.75) is 0 Å². The number of rotatable bonds is 3. The highest BCUT2D eigenvalue weighted by Crippen LogP contribution is 2.26. The molecule has 0 aliphatic heterocycles. The van der Waals surface area contributed by atoms with Crippen LogP contribution in [0, 0.1) is 0 Å². The van der Waals surface area contributed by atoms with E-state index in [1.165, 1.54) is 18.2 Å². The van der Waals surface area contributed by atoms with E-state index in [-0.39, 0.29) is 11.0 Å². The number of allylic oxidation sites excluding steroid dienone is 1. The molecule has 1 heterocycles. The Morgan fingerprint density at radius 2 is 1.77 bits per heavy atom. The molecule has 0 radical (unpaired) electrons. The summed E-state index contributed by atoms with van der Waals surface area (Å²) in [6.45, 7) is 0. The molecule has 0 atom stereocenters. The van der Waals surface area contributed by atoms with Crippen LogP contribution in [0.3, 0.4) is 0 Å². The van der Waals surface area contributed by atoms with Gasteiger partial charge in [0.25, 0.3) is 0 Å². The summed E-state index contributed by atoms with van der Waals surface area (Å²) >= 11 is 0. The second kappa shape index (κ2) is 5.69. The molecule has 0 unspecified atom stereocenters. The lowest BCUT2D eigenvalue weighted by Crippen LogP contribution is -2.12. The zero-order valence-corrected chi connectivity index (χ0v) is 11.4. The molecule has 0 spiro atoms. The number of carbonyl (C=O) groups excluding carboxylic acids is 1. The molecule has 1 N–H and O–H groups in total. The molecule has 0 aliphatic carbocycles. The van der Waals surface area contributed by atoms with Crippen molar-refractivity contribution in [3.63, 3.8) is 0 Å². The van der Waals surface area contributed by atoms with E-state index in [1.54, 1.807) is 36.4 Å². The molecule has 4 nitrogen and oxygen atoms in total. The second-order valence-electron chi connectivity index (χ2n) is 4.64. The summed E-state index contributed by atoms with van der Waals surface area (Å²) in [6, 6.07) is 14.8. The maximum atomic E-state index is 12.4. The predicted molar refractivity (Wildman–Crippen MR) is 84.0 cm³/mol. The number of carbonyl (C=O) groups is 1. The molecule has 1 aromatic heterocycles. The van der Waals surface area contributed by atoms with Crippen LogP contribution in [0.2, 0.25) is 0 Å². The minimum absolute atomic E-state index is 0.185. The van der Waals surface area contributed by atoms with Gasteiger partial charge >= 0.3 is 5.63 Å². The van der Waals surface area contributed by atoms with Crippen molar-refractivity contribution >= 4 is 22.8 Å². The Hall–Kier alpha value is -3.14. The maximum Gasteiger partial charge on any atom is 0.351 e. The first-order valence-electron chi connectivity index (χ1n) is 7.11. The van der Waals surface area contributed by atoms with E-state index in [9.17, 15) is 14.7 Å². The third kappa shape index (κ3) is 2.54. The first-order valence-corrected chi connectivity index (χ1v) is 6.61. The zero-order valence-electron chi connectivity index (χ0n) is 12.4. The van der Waals surface area contributed by atoms with Crippen molar-refractivity contribution < 1.29 is 15.7 Å². The molecular formula is C18H12O4. The van der Waals surface area contributed by atoms with E-state index in [1.807, 2.05) is 6.07 Å². The van der Waals surface area contributed by atoms with Crippen LogP contribution in [0.5, 0.6) is 5.75 Å². The van der Waals surface area contributed by atoms with Gasteiger partial charge in [-0.15, -0.1) is 0 Å². The number of benzene rings is 2. The highest BCUT2D eigenvalue weighted by Gasteiger charge is 2.18. The number of ketones is 1. The summed E-state index contributed by atoms with van der Waals surface area (Å²) in [5.41, 5.74) is -0.654. The average molecular weight is 293 g/mol. The van der Waals surface area contributed by atoms with E-state index in [0.29, 0.717) is 5.56 Å². The topological polar surface area (TPSA) is 67.5 Å². The van der Waals surface area contributed by atoms with Crippen LogP contribution in [0.25, 0.3) is 17.0 Å². The van der Waals surface area contributed by atoms with Gasteiger partial charge in [-0.2, -0.15) is 0 Å². The van der Waals surface area contributed by atoms with Crippen molar-refractivity contribution in [3.05, 3.63) is 82.2 Å². The standard InChI is InChI=1S/C18H12O4/c19-14(11-10-12-6-2-1-3-7-12)16-17(20)13-8-4-5-9-15(13)22-18(16)21/h1-11,20H/i11D. The van der Waals surface area contributed by atoms with Crippen molar-refractivity contribution in [2.24, 2.45) is 0 Å². The lowest BCUT2D eigenvalue weighted by atomic mass is 10.1. The van der Waals surface area contributed by atoms with Gasteiger partial charge in [0.1, 0.15) is 16.9 Å². The average Bonchev–Trinajstić information content (AvgIpc) is 2.55. The number of fused-ring (bicyclic) bond motifs is 1. The van der Waals surface area contributed by atoms with Gasteiger partial charge in [0.15, 0.2) is 5.78 Å². The Kier molecular flexibility index (Phi) is 3.26. The molecular weight excluding hydrogens is 280 g/mol. The summed E-state index contributed by atoms with van der Waals surface area (Å²) < 4.78 is 12.9. The Labute approximate surface area is 127 Å². The number of hydrogen-bond acceptors (Lipinski definition) is 4. The molecule has 0 aliphatic rings. The summed E-state index contributed by atoms with van der Waals surface area (Å²) in [6.07, 6.45) is 1.33. The van der Waals surface area contributed by atoms with Gasteiger partial charge in [0.2, 0.25) is 0 Å². The van der Waals surface area contributed by atoms with Gasteiger partial charge in [-0.3, -0.25) is 4.79 Å². The number of para-hydroxylation sites is 1. The van der Waals surface area contributed by atoms with Crippen LogP contribution >= 0.6 is 0 Å². The quantitative estimate of drug-likeness (QED) is 0.456. The molecule has 4 heteroatoms. The van der Waals surface area contributed by atoms with E-state index >= 15 is 0 Å². The normalized spacial score (nSPS) is 12.2. The van der Waals surface area contributed by atoms with Gasteiger partial charge in [-0.05, 0) is 23.7 Å². The summed E-state index contributed by atoms with van der Waals surface area (Å²) in [5, 5.41) is 10.5. The van der Waals surface area contributed by atoms with Gasteiger partial charge < -0.3 is 9.52 Å². The highest BCUT2D eigenvalue weighted by atomic mass is 16.4. The summed E-state index contributed by atoms with van der Waals surface area (Å²) in [5.74, 6) is -1.35. The Morgan fingerprint density at radius 3 is 2.55 bits per heavy atom. The largest absolute Gasteiger partial charge is 0.506 e. The van der Waals surface area contributed by atoms with Crippen LogP contribution in [0.1, 0.15) is 17.3 Å². The Morgan fingerprint density at radius 1 is 1.09 bits per heavy atom. The van der Waals surface area contributed by atoms with Crippen LogP contribution in [0.4, 0.5) is 0 Å². The predicted octanol–water partition coefficient (Wildman–Crippen LogP) is 3.39. The van der Waals surface area contributed by atoms with Crippen LogP contribution in [0.15, 0.2) is 69.9 Å². The number of hydrogen-bond donors (Lipinski definition) is 1. The lowest BCUT2D eigenvalue weighted by molar-refractivity contribution is 0.104. The minimum atomic E-state index is -0.961. The Balaban J connectivity index is 2.11. The second-order valence-corrected chi connectivity index (χ2v) is 4.64. The van der Waals surface area contributed by atoms with Crippen LogP contribution < -0.4 is 5.63 Å². The van der Waals surface area contributed by atoms with E-state index in [4.69, 9.17) is 5.79 Å². The molecule has 108 valence electrons. The molecule has 0 fully saturated rings. The number of aromatic hydroxyl groups is 1. The fourth-order valence-corrected chi connectivity index (χ4v) is 2.10. The van der Waals surface area contributed by atoms with E-state index in [0.717, 1.165) is 0 Å². The molecule has 3 aromatic rings. The fraction of sp³-hybridized carbons (Fsp3) is 0. The molecule has 3 rings (SSSR count). The molecule has 22 heavy (non-hydrogen) atoms. The van der Waals surface area contributed by atoms with Crippen LogP contribution in [-0.4, -0.2) is 10.9 Å². The van der Waals surface area contributed by atoms with Crippen molar-refractivity contribution in [1.82, 2.24) is 0 Å². The first kappa shape index (κ1) is 12.6. The van der Waals surface area contributed by atoms with Gasteiger partial charge in [-0.1, -0.05) is 48.5 Å². The fourth-order valence-electron chi connectivity index (χ4n) is 2.10. The maximum absolute atomic E-state index is 12.4. The van der Waals surface area contributed by atoms with Gasteiger partial charge in [-0.25, -0.2) is 4.79 Å². The summed E-state index contributed by atoms with van der Waals surface area (Å²) in [7, 11) is 0. The molecule has 0 amide bonds. The van der Waals surface area contributed by atoms with Gasteiger partial charge in [0.05, 0.1) is 6.76 Å². The van der Waals surface area contributed by atoms with E-state index < -0.39 is 28.8 Å². The van der Waals surface area contributed by atoms with Crippen molar-refractivity contribution in [2.75, 3.05) is 0 Å². The van der Waals surface area contributed by atoms with Crippen LogP contribution in [-0.2, 0) is 0 Å². The SMILES string of the molecule is [2H]C(=Cc1ccccc1)C(=O)c1c(O)c2ccccc2oc1=O. The first-order chi connectivity index (χ1) is 11.1. The lowest BCUT2D eigenvalue weighted by Gasteiger charge is -2.03. The minimum Gasteiger partial charge on any atom is -0.506 e. The monoisotopic (exact) mass is 293 g/mol.